The fourth-order valence-corrected chi connectivity index (χ4v) is 4.22. The molecule has 5 rings (SSSR count). The summed E-state index contributed by atoms with van der Waals surface area (Å²) in [6.07, 6.45) is 3.90. The van der Waals surface area contributed by atoms with E-state index < -0.39 is 11.3 Å². The first-order valence-electron chi connectivity index (χ1n) is 10.5. The van der Waals surface area contributed by atoms with Crippen LogP contribution >= 0.6 is 0 Å². The molecule has 0 spiro atoms. The van der Waals surface area contributed by atoms with Gasteiger partial charge in [0.2, 0.25) is 5.43 Å². The Hall–Kier alpha value is -3.80. The third kappa shape index (κ3) is 3.50. The van der Waals surface area contributed by atoms with Gasteiger partial charge in [0.25, 0.3) is 5.91 Å². The SMILES string of the molecule is Cc1cc(=O)c(C(=O)Nc2c3c(nc4ccccc24)CCCC3)nn1-c1ccccc1. The van der Waals surface area contributed by atoms with Crippen molar-refractivity contribution in [2.45, 2.75) is 32.6 Å². The van der Waals surface area contributed by atoms with Gasteiger partial charge in [-0.25, -0.2) is 4.68 Å². The number of anilines is 1. The summed E-state index contributed by atoms with van der Waals surface area (Å²) in [4.78, 5) is 30.7. The number of nitrogens with zero attached hydrogens (tertiary/aromatic N) is 3. The standard InChI is InChI=1S/C25H22N4O2/c1-16-15-22(30)24(28-29(16)17-9-3-2-4-10-17)25(31)27-23-18-11-5-7-13-20(18)26-21-14-8-6-12-19(21)23/h2-5,7,9-11,13,15H,6,8,12,14H2,1H3,(H,26,27,31). The van der Waals surface area contributed by atoms with E-state index in [4.69, 9.17) is 4.98 Å². The minimum absolute atomic E-state index is 0.125. The number of rotatable bonds is 3. The zero-order valence-corrected chi connectivity index (χ0v) is 17.3. The lowest BCUT2D eigenvalue weighted by Gasteiger charge is -2.21. The first-order chi connectivity index (χ1) is 15.1. The molecule has 2 aromatic heterocycles. The number of carbonyl (C=O) groups excluding carboxylic acids is 1. The predicted molar refractivity (Wildman–Crippen MR) is 121 cm³/mol. The summed E-state index contributed by atoms with van der Waals surface area (Å²) in [5, 5.41) is 8.30. The van der Waals surface area contributed by atoms with Gasteiger partial charge in [-0.3, -0.25) is 14.6 Å². The van der Waals surface area contributed by atoms with Crippen molar-refractivity contribution in [1.29, 1.82) is 0 Å². The lowest BCUT2D eigenvalue weighted by molar-refractivity contribution is 0.101. The smallest absolute Gasteiger partial charge is 0.280 e. The van der Waals surface area contributed by atoms with E-state index in [9.17, 15) is 9.59 Å². The third-order valence-electron chi connectivity index (χ3n) is 5.73. The molecule has 31 heavy (non-hydrogen) atoms. The Kier molecular flexibility index (Phi) is 4.82. The maximum atomic E-state index is 13.3. The second-order valence-electron chi connectivity index (χ2n) is 7.84. The van der Waals surface area contributed by atoms with Crippen LogP contribution in [0.5, 0.6) is 0 Å². The van der Waals surface area contributed by atoms with Crippen LogP contribution in [0.3, 0.4) is 0 Å². The van der Waals surface area contributed by atoms with Gasteiger partial charge < -0.3 is 5.32 Å². The number of para-hydroxylation sites is 2. The lowest BCUT2D eigenvalue weighted by Crippen LogP contribution is -2.27. The van der Waals surface area contributed by atoms with Crippen molar-refractivity contribution in [2.75, 3.05) is 5.32 Å². The zero-order valence-electron chi connectivity index (χ0n) is 17.3. The van der Waals surface area contributed by atoms with E-state index in [1.54, 1.807) is 11.6 Å². The van der Waals surface area contributed by atoms with Crippen molar-refractivity contribution in [3.63, 3.8) is 0 Å². The molecule has 0 atom stereocenters. The first-order valence-corrected chi connectivity index (χ1v) is 10.5. The predicted octanol–water partition coefficient (Wildman–Crippen LogP) is 4.22. The molecule has 1 aliphatic carbocycles. The van der Waals surface area contributed by atoms with Gasteiger partial charge in [0.15, 0.2) is 5.69 Å². The highest BCUT2D eigenvalue weighted by Gasteiger charge is 2.22. The molecule has 0 radical (unpaired) electrons. The molecule has 1 amide bonds. The number of aromatic nitrogens is 3. The van der Waals surface area contributed by atoms with Crippen LogP contribution in [0.2, 0.25) is 0 Å². The monoisotopic (exact) mass is 410 g/mol. The van der Waals surface area contributed by atoms with Crippen LogP contribution in [0, 0.1) is 6.92 Å². The Morgan fingerprint density at radius 2 is 1.74 bits per heavy atom. The molecule has 2 aromatic carbocycles. The number of hydrogen-bond donors (Lipinski definition) is 1. The molecule has 1 aliphatic rings. The van der Waals surface area contributed by atoms with Crippen molar-refractivity contribution in [1.82, 2.24) is 14.8 Å². The molecule has 4 aromatic rings. The molecule has 0 fully saturated rings. The van der Waals surface area contributed by atoms with Crippen molar-refractivity contribution in [3.8, 4) is 5.69 Å². The van der Waals surface area contributed by atoms with Crippen LogP contribution in [0.1, 0.15) is 40.3 Å². The highest BCUT2D eigenvalue weighted by atomic mass is 16.2. The largest absolute Gasteiger partial charge is 0.320 e. The van der Waals surface area contributed by atoms with Gasteiger partial charge in [-0.15, -0.1) is 0 Å². The van der Waals surface area contributed by atoms with E-state index in [-0.39, 0.29) is 5.69 Å². The number of hydrogen-bond acceptors (Lipinski definition) is 4. The van der Waals surface area contributed by atoms with E-state index in [1.807, 2.05) is 54.6 Å². The molecule has 154 valence electrons. The third-order valence-corrected chi connectivity index (χ3v) is 5.73. The fraction of sp³-hybridized carbons (Fsp3) is 0.200. The summed E-state index contributed by atoms with van der Waals surface area (Å²) in [6.45, 7) is 1.80. The normalized spacial score (nSPS) is 13.1. The van der Waals surface area contributed by atoms with Crippen LogP contribution < -0.4 is 10.7 Å². The summed E-state index contributed by atoms with van der Waals surface area (Å²) in [6, 6.07) is 18.7. The first kappa shape index (κ1) is 19.2. The quantitative estimate of drug-likeness (QED) is 0.549. The number of carbonyl (C=O) groups is 1. The molecule has 0 saturated heterocycles. The van der Waals surface area contributed by atoms with Gasteiger partial charge >= 0.3 is 0 Å². The Bertz CT molecular complexity index is 1360. The molecule has 0 bridgehead atoms. The molecule has 0 unspecified atom stereocenters. The summed E-state index contributed by atoms with van der Waals surface area (Å²) < 4.78 is 1.62. The number of aryl methyl sites for hydroxylation is 2. The summed E-state index contributed by atoms with van der Waals surface area (Å²) in [5.41, 5.74) is 4.62. The fourth-order valence-electron chi connectivity index (χ4n) is 4.22. The highest BCUT2D eigenvalue weighted by Crippen LogP contribution is 2.33. The molecule has 2 heterocycles. The van der Waals surface area contributed by atoms with Gasteiger partial charge in [0.1, 0.15) is 0 Å². The minimum atomic E-state index is -0.501. The van der Waals surface area contributed by atoms with Gasteiger partial charge in [-0.05, 0) is 56.4 Å². The van der Waals surface area contributed by atoms with Crippen molar-refractivity contribution in [2.24, 2.45) is 0 Å². The number of fused-ring (bicyclic) bond motifs is 2. The molecular weight excluding hydrogens is 388 g/mol. The van der Waals surface area contributed by atoms with E-state index >= 15 is 0 Å². The number of nitrogens with one attached hydrogen (secondary N) is 1. The minimum Gasteiger partial charge on any atom is -0.320 e. The molecule has 0 aliphatic heterocycles. The second-order valence-corrected chi connectivity index (χ2v) is 7.84. The topological polar surface area (TPSA) is 76.9 Å². The van der Waals surface area contributed by atoms with E-state index in [1.165, 1.54) is 6.07 Å². The molecule has 1 N–H and O–H groups in total. The maximum Gasteiger partial charge on any atom is 0.280 e. The average molecular weight is 410 g/mol. The van der Waals surface area contributed by atoms with Gasteiger partial charge in [-0.1, -0.05) is 36.4 Å². The van der Waals surface area contributed by atoms with E-state index in [0.29, 0.717) is 5.69 Å². The molecule has 6 nitrogen and oxygen atoms in total. The Morgan fingerprint density at radius 1 is 1.00 bits per heavy atom. The van der Waals surface area contributed by atoms with Crippen molar-refractivity contribution >= 4 is 22.5 Å². The lowest BCUT2D eigenvalue weighted by atomic mass is 9.92. The number of pyridine rings is 1. The molecule has 0 saturated carbocycles. The summed E-state index contributed by atoms with van der Waals surface area (Å²) >= 11 is 0. The van der Waals surface area contributed by atoms with E-state index in [2.05, 4.69) is 10.4 Å². The zero-order chi connectivity index (χ0) is 21.4. The molecule has 6 heteroatoms. The molecular formula is C25H22N4O2. The van der Waals surface area contributed by atoms with Gasteiger partial charge in [-0.2, -0.15) is 5.10 Å². The average Bonchev–Trinajstić information content (AvgIpc) is 2.79. The van der Waals surface area contributed by atoms with Gasteiger partial charge in [0.05, 0.1) is 16.9 Å². The second kappa shape index (κ2) is 7.80. The van der Waals surface area contributed by atoms with Crippen LogP contribution in [0.4, 0.5) is 5.69 Å². The highest BCUT2D eigenvalue weighted by molar-refractivity contribution is 6.08. The summed E-state index contributed by atoms with van der Waals surface area (Å²) in [7, 11) is 0. The van der Waals surface area contributed by atoms with E-state index in [0.717, 1.165) is 59.2 Å². The Labute approximate surface area is 179 Å². The van der Waals surface area contributed by atoms with Crippen molar-refractivity contribution < 1.29 is 4.79 Å². The van der Waals surface area contributed by atoms with Crippen LogP contribution in [0.15, 0.2) is 65.5 Å². The van der Waals surface area contributed by atoms with Crippen LogP contribution in [-0.2, 0) is 12.8 Å². The maximum absolute atomic E-state index is 13.3. The van der Waals surface area contributed by atoms with Crippen molar-refractivity contribution in [3.05, 3.63) is 93.5 Å². The van der Waals surface area contributed by atoms with Crippen LogP contribution in [0.25, 0.3) is 16.6 Å². The number of benzene rings is 2. The summed E-state index contributed by atoms with van der Waals surface area (Å²) in [5.74, 6) is -0.501. The Morgan fingerprint density at radius 3 is 2.58 bits per heavy atom. The van der Waals surface area contributed by atoms with Gasteiger partial charge in [0, 0.05) is 22.8 Å². The van der Waals surface area contributed by atoms with Crippen LogP contribution in [-0.4, -0.2) is 20.7 Å². The Balaban J connectivity index is 1.60. The number of amides is 1.